The SMILES string of the molecule is CCc1sc2cccc(OCC(=O)NOc3ccccc3)c2c1C(=O)C(N)=O. The van der Waals surface area contributed by atoms with Crippen molar-refractivity contribution in [1.29, 1.82) is 0 Å². The van der Waals surface area contributed by atoms with E-state index in [1.807, 2.05) is 19.1 Å². The number of rotatable bonds is 8. The van der Waals surface area contributed by atoms with Crippen LogP contribution in [0, 0.1) is 0 Å². The average molecular weight is 398 g/mol. The molecule has 0 aliphatic carbocycles. The van der Waals surface area contributed by atoms with Crippen LogP contribution in [0.3, 0.4) is 0 Å². The molecule has 0 aliphatic rings. The highest BCUT2D eigenvalue weighted by atomic mass is 32.1. The molecule has 2 aromatic carbocycles. The van der Waals surface area contributed by atoms with E-state index in [-0.39, 0.29) is 12.2 Å². The fraction of sp³-hybridized carbons (Fsp3) is 0.150. The van der Waals surface area contributed by atoms with Gasteiger partial charge >= 0.3 is 0 Å². The first kappa shape index (κ1) is 19.4. The van der Waals surface area contributed by atoms with Gasteiger partial charge in [0.25, 0.3) is 17.6 Å². The van der Waals surface area contributed by atoms with Gasteiger partial charge in [0.05, 0.1) is 5.56 Å². The molecule has 3 N–H and O–H groups in total. The summed E-state index contributed by atoms with van der Waals surface area (Å²) in [5.74, 6) is -1.49. The van der Waals surface area contributed by atoms with Gasteiger partial charge in [-0.15, -0.1) is 11.3 Å². The van der Waals surface area contributed by atoms with Crippen LogP contribution in [0.5, 0.6) is 11.5 Å². The maximum absolute atomic E-state index is 12.3. The number of benzene rings is 2. The number of aryl methyl sites for hydroxylation is 1. The van der Waals surface area contributed by atoms with E-state index in [0.717, 1.165) is 9.58 Å². The van der Waals surface area contributed by atoms with E-state index < -0.39 is 17.6 Å². The number of ketones is 1. The quantitative estimate of drug-likeness (QED) is 0.345. The van der Waals surface area contributed by atoms with Gasteiger partial charge in [-0.1, -0.05) is 31.2 Å². The molecule has 0 spiro atoms. The molecule has 0 fully saturated rings. The third-order valence-electron chi connectivity index (χ3n) is 3.91. The second-order valence-corrected chi connectivity index (χ2v) is 6.94. The van der Waals surface area contributed by atoms with Gasteiger partial charge in [0.15, 0.2) is 12.4 Å². The lowest BCUT2D eigenvalue weighted by Crippen LogP contribution is -2.31. The number of fused-ring (bicyclic) bond motifs is 1. The number of hydroxylamine groups is 1. The van der Waals surface area contributed by atoms with E-state index in [2.05, 4.69) is 5.48 Å². The maximum atomic E-state index is 12.3. The third kappa shape index (κ3) is 4.12. The summed E-state index contributed by atoms with van der Waals surface area (Å²) in [4.78, 5) is 41.7. The molecule has 0 atom stereocenters. The first-order valence-electron chi connectivity index (χ1n) is 8.53. The van der Waals surface area contributed by atoms with Gasteiger partial charge in [0.1, 0.15) is 5.75 Å². The number of para-hydroxylation sites is 1. The van der Waals surface area contributed by atoms with Gasteiger partial charge in [-0.05, 0) is 30.7 Å². The van der Waals surface area contributed by atoms with Crippen LogP contribution in [0.1, 0.15) is 22.2 Å². The molecule has 0 radical (unpaired) electrons. The topological polar surface area (TPSA) is 108 Å². The summed E-state index contributed by atoms with van der Waals surface area (Å²) in [5.41, 5.74) is 7.73. The lowest BCUT2D eigenvalue weighted by molar-refractivity contribution is -0.129. The number of hydrogen-bond acceptors (Lipinski definition) is 6. The van der Waals surface area contributed by atoms with Crippen LogP contribution in [0.25, 0.3) is 10.1 Å². The Kier molecular flexibility index (Phi) is 5.90. The van der Waals surface area contributed by atoms with Crippen LogP contribution < -0.4 is 20.8 Å². The van der Waals surface area contributed by atoms with Crippen LogP contribution in [-0.2, 0) is 16.0 Å². The Morgan fingerprint density at radius 3 is 2.50 bits per heavy atom. The van der Waals surface area contributed by atoms with Gasteiger partial charge in [-0.2, -0.15) is 5.48 Å². The van der Waals surface area contributed by atoms with Gasteiger partial charge in [-0.25, -0.2) is 0 Å². The van der Waals surface area contributed by atoms with E-state index in [9.17, 15) is 14.4 Å². The summed E-state index contributed by atoms with van der Waals surface area (Å²) in [6.45, 7) is 1.56. The summed E-state index contributed by atoms with van der Waals surface area (Å²) in [7, 11) is 0. The first-order valence-corrected chi connectivity index (χ1v) is 9.35. The van der Waals surface area contributed by atoms with Crippen LogP contribution in [0.15, 0.2) is 48.5 Å². The number of amides is 2. The minimum Gasteiger partial charge on any atom is -0.483 e. The predicted octanol–water partition coefficient (Wildman–Crippen LogP) is 2.62. The second-order valence-electron chi connectivity index (χ2n) is 5.81. The largest absolute Gasteiger partial charge is 0.483 e. The molecule has 2 amide bonds. The molecule has 7 nitrogen and oxygen atoms in total. The number of thiophene rings is 1. The van der Waals surface area contributed by atoms with Gasteiger partial charge < -0.3 is 15.3 Å². The molecule has 0 unspecified atom stereocenters. The number of carbonyl (C=O) groups is 3. The number of hydrogen-bond donors (Lipinski definition) is 2. The lowest BCUT2D eigenvalue weighted by Gasteiger charge is -2.10. The molecule has 144 valence electrons. The number of Topliss-reactive ketones (excluding diaryl/α,β-unsaturated/α-hetero) is 1. The number of carbonyl (C=O) groups excluding carboxylic acids is 3. The zero-order chi connectivity index (χ0) is 20.1. The predicted molar refractivity (Wildman–Crippen MR) is 105 cm³/mol. The standard InChI is InChI=1S/C20H18N2O5S/c1-2-14-18(19(24)20(21)25)17-13(9-6-10-15(17)28-14)26-11-16(23)22-27-12-7-4-3-5-8-12/h3-10H,2,11H2,1H3,(H2,21,25)(H,22,23). The van der Waals surface area contributed by atoms with E-state index in [0.29, 0.717) is 23.3 Å². The van der Waals surface area contributed by atoms with E-state index >= 15 is 0 Å². The van der Waals surface area contributed by atoms with Gasteiger partial charge in [0, 0.05) is 15.0 Å². The highest BCUT2D eigenvalue weighted by Gasteiger charge is 2.24. The summed E-state index contributed by atoms with van der Waals surface area (Å²) < 4.78 is 6.39. The molecule has 1 heterocycles. The number of nitrogens with one attached hydrogen (secondary N) is 1. The minimum atomic E-state index is -1.03. The van der Waals surface area contributed by atoms with Crippen LogP contribution >= 0.6 is 11.3 Å². The van der Waals surface area contributed by atoms with E-state index in [4.69, 9.17) is 15.3 Å². The monoisotopic (exact) mass is 398 g/mol. The molecule has 3 aromatic rings. The Morgan fingerprint density at radius 1 is 1.07 bits per heavy atom. The first-order chi connectivity index (χ1) is 13.5. The number of nitrogens with two attached hydrogens (primary N) is 1. The van der Waals surface area contributed by atoms with Crippen molar-refractivity contribution in [3.63, 3.8) is 0 Å². The van der Waals surface area contributed by atoms with Crippen molar-refractivity contribution >= 4 is 39.0 Å². The van der Waals surface area contributed by atoms with Crippen molar-refractivity contribution in [2.24, 2.45) is 5.73 Å². The van der Waals surface area contributed by atoms with Crippen molar-refractivity contribution in [2.45, 2.75) is 13.3 Å². The van der Waals surface area contributed by atoms with Crippen LogP contribution in [0.2, 0.25) is 0 Å². The Morgan fingerprint density at radius 2 is 1.82 bits per heavy atom. The maximum Gasteiger partial charge on any atom is 0.290 e. The molecule has 0 aliphatic heterocycles. The van der Waals surface area contributed by atoms with Crippen molar-refractivity contribution in [2.75, 3.05) is 6.61 Å². The molecule has 1 aromatic heterocycles. The summed E-state index contributed by atoms with van der Waals surface area (Å²) >= 11 is 1.39. The highest BCUT2D eigenvalue weighted by Crippen LogP contribution is 2.38. The second kappa shape index (κ2) is 8.53. The molecule has 0 bridgehead atoms. The van der Waals surface area contributed by atoms with Crippen molar-refractivity contribution in [1.82, 2.24) is 5.48 Å². The number of primary amides is 1. The molecular formula is C20H18N2O5S. The molecule has 3 rings (SSSR count). The van der Waals surface area contributed by atoms with Gasteiger partial charge in [0.2, 0.25) is 0 Å². The zero-order valence-electron chi connectivity index (χ0n) is 15.1. The normalized spacial score (nSPS) is 10.5. The van der Waals surface area contributed by atoms with Gasteiger partial charge in [-0.3, -0.25) is 14.4 Å². The fourth-order valence-electron chi connectivity index (χ4n) is 2.68. The van der Waals surface area contributed by atoms with Crippen LogP contribution in [-0.4, -0.2) is 24.2 Å². The molecular weight excluding hydrogens is 380 g/mol. The van der Waals surface area contributed by atoms with E-state index in [1.165, 1.54) is 11.3 Å². The fourth-order valence-corrected chi connectivity index (χ4v) is 3.83. The number of ether oxygens (including phenoxy) is 1. The summed E-state index contributed by atoms with van der Waals surface area (Å²) in [5, 5.41) is 0.491. The Labute approximate surface area is 165 Å². The molecule has 8 heteroatoms. The summed E-state index contributed by atoms with van der Waals surface area (Å²) in [6, 6.07) is 14.0. The lowest BCUT2D eigenvalue weighted by atomic mass is 10.0. The highest BCUT2D eigenvalue weighted by molar-refractivity contribution is 7.19. The summed E-state index contributed by atoms with van der Waals surface area (Å²) in [6.07, 6.45) is 0.568. The molecule has 28 heavy (non-hydrogen) atoms. The minimum absolute atomic E-state index is 0.242. The Bertz CT molecular complexity index is 1030. The smallest absolute Gasteiger partial charge is 0.290 e. The average Bonchev–Trinajstić information content (AvgIpc) is 3.10. The zero-order valence-corrected chi connectivity index (χ0v) is 15.9. The molecule has 0 saturated heterocycles. The van der Waals surface area contributed by atoms with E-state index in [1.54, 1.807) is 36.4 Å². The third-order valence-corrected chi connectivity index (χ3v) is 5.21. The Hall–Kier alpha value is -3.39. The van der Waals surface area contributed by atoms with Crippen molar-refractivity contribution in [3.8, 4) is 11.5 Å². The van der Waals surface area contributed by atoms with Crippen molar-refractivity contribution < 1.29 is 24.0 Å². The molecule has 0 saturated carbocycles. The Balaban J connectivity index is 1.79. The van der Waals surface area contributed by atoms with Crippen LogP contribution in [0.4, 0.5) is 0 Å². The van der Waals surface area contributed by atoms with Crippen molar-refractivity contribution in [3.05, 3.63) is 59.0 Å².